The molecule has 0 saturated heterocycles. The predicted molar refractivity (Wildman–Crippen MR) is 94.2 cm³/mol. The molecule has 0 aliphatic rings. The van der Waals surface area contributed by atoms with E-state index in [1.807, 2.05) is 55.3 Å². The van der Waals surface area contributed by atoms with E-state index in [1.165, 1.54) is 0 Å². The quantitative estimate of drug-likeness (QED) is 0.789. The highest BCUT2D eigenvalue weighted by molar-refractivity contribution is 6.31. The maximum atomic E-state index is 12.3. The topological polar surface area (TPSA) is 64.7 Å². The van der Waals surface area contributed by atoms with Crippen LogP contribution in [0.4, 0.5) is 0 Å². The highest BCUT2D eigenvalue weighted by Crippen LogP contribution is 2.19. The normalized spacial score (nSPS) is 11.4. The lowest BCUT2D eigenvalue weighted by Crippen LogP contribution is -2.25. The van der Waals surface area contributed by atoms with Crippen molar-refractivity contribution in [1.82, 2.24) is 24.6 Å². The second-order valence-electron chi connectivity index (χ2n) is 6.11. The molecule has 0 aliphatic carbocycles. The van der Waals surface area contributed by atoms with E-state index in [4.69, 9.17) is 11.6 Å². The largest absolute Gasteiger partial charge is 0.343 e. The van der Waals surface area contributed by atoms with Gasteiger partial charge >= 0.3 is 0 Å². The number of amides is 1. The lowest BCUT2D eigenvalue weighted by Gasteiger charge is -2.07. The molecular weight excluding hydrogens is 326 g/mol. The highest BCUT2D eigenvalue weighted by Gasteiger charge is 2.15. The van der Waals surface area contributed by atoms with Gasteiger partial charge in [0.1, 0.15) is 11.5 Å². The van der Waals surface area contributed by atoms with Crippen molar-refractivity contribution in [3.63, 3.8) is 0 Å². The van der Waals surface area contributed by atoms with Gasteiger partial charge < -0.3 is 9.88 Å². The Balaban J connectivity index is 1.77. The van der Waals surface area contributed by atoms with Gasteiger partial charge in [-0.1, -0.05) is 11.6 Å². The number of fused-ring (bicyclic) bond motifs is 1. The summed E-state index contributed by atoms with van der Waals surface area (Å²) in [6.07, 6.45) is 0. The summed E-state index contributed by atoms with van der Waals surface area (Å²) in [7, 11) is 1.92. The number of aryl methyl sites for hydroxylation is 2. The Labute approximate surface area is 145 Å². The number of hydrogen-bond acceptors (Lipinski definition) is 3. The van der Waals surface area contributed by atoms with E-state index in [-0.39, 0.29) is 11.9 Å². The Hall–Kier alpha value is -2.34. The summed E-state index contributed by atoms with van der Waals surface area (Å²) < 4.78 is 3.79. The van der Waals surface area contributed by atoms with Crippen LogP contribution in [-0.4, -0.2) is 25.2 Å². The molecule has 1 aromatic carbocycles. The van der Waals surface area contributed by atoms with E-state index in [1.54, 1.807) is 6.07 Å². The zero-order valence-corrected chi connectivity index (χ0v) is 14.9. The summed E-state index contributed by atoms with van der Waals surface area (Å²) in [4.78, 5) is 16.9. The third-order valence-corrected chi connectivity index (χ3v) is 4.22. The number of nitrogens with zero attached hydrogens (tertiary/aromatic N) is 4. The van der Waals surface area contributed by atoms with Crippen molar-refractivity contribution in [2.24, 2.45) is 7.05 Å². The van der Waals surface area contributed by atoms with Crippen LogP contribution in [0, 0.1) is 6.92 Å². The second kappa shape index (κ2) is 6.28. The van der Waals surface area contributed by atoms with Crippen LogP contribution >= 0.6 is 11.6 Å². The lowest BCUT2D eigenvalue weighted by molar-refractivity contribution is 0.0943. The van der Waals surface area contributed by atoms with Crippen LogP contribution in [0.15, 0.2) is 24.3 Å². The molecule has 6 nitrogen and oxygen atoms in total. The Morgan fingerprint density at radius 1 is 1.33 bits per heavy atom. The van der Waals surface area contributed by atoms with Crippen LogP contribution < -0.4 is 5.32 Å². The first-order valence-electron chi connectivity index (χ1n) is 7.82. The number of halogens is 1. The number of carbonyl (C=O) groups is 1. The number of benzene rings is 1. The average Bonchev–Trinajstić information content (AvgIpc) is 3.06. The van der Waals surface area contributed by atoms with Crippen LogP contribution in [0.5, 0.6) is 0 Å². The highest BCUT2D eigenvalue weighted by atomic mass is 35.5. The molecular formula is C17H20ClN5O. The summed E-state index contributed by atoms with van der Waals surface area (Å²) in [5.41, 5.74) is 3.17. The van der Waals surface area contributed by atoms with Crippen molar-refractivity contribution in [1.29, 1.82) is 0 Å². The SMILES string of the molecule is Cc1cc(C(=O)NCc2nc3cc(Cl)ccc3n2C)nn1C(C)C. The van der Waals surface area contributed by atoms with Gasteiger partial charge in [-0.2, -0.15) is 5.10 Å². The van der Waals surface area contributed by atoms with E-state index >= 15 is 0 Å². The summed E-state index contributed by atoms with van der Waals surface area (Å²) in [5.74, 6) is 0.559. The second-order valence-corrected chi connectivity index (χ2v) is 6.55. The minimum absolute atomic E-state index is 0.206. The molecule has 0 aliphatic heterocycles. The molecule has 1 amide bonds. The van der Waals surface area contributed by atoms with Crippen LogP contribution in [0.3, 0.4) is 0 Å². The molecule has 7 heteroatoms. The van der Waals surface area contributed by atoms with Gasteiger partial charge in [0.25, 0.3) is 5.91 Å². The number of imidazole rings is 1. The number of carbonyl (C=O) groups excluding carboxylic acids is 1. The third kappa shape index (κ3) is 3.01. The molecule has 2 aromatic heterocycles. The molecule has 0 saturated carbocycles. The Morgan fingerprint density at radius 3 is 2.75 bits per heavy atom. The monoisotopic (exact) mass is 345 g/mol. The van der Waals surface area contributed by atoms with Gasteiger partial charge in [0.2, 0.25) is 0 Å². The van der Waals surface area contributed by atoms with Gasteiger partial charge in [0.15, 0.2) is 0 Å². The Bertz CT molecular complexity index is 909. The van der Waals surface area contributed by atoms with Crippen LogP contribution in [-0.2, 0) is 13.6 Å². The fraction of sp³-hybridized carbons (Fsp3) is 0.353. The molecule has 126 valence electrons. The minimum Gasteiger partial charge on any atom is -0.343 e. The number of aromatic nitrogens is 4. The number of rotatable bonds is 4. The van der Waals surface area contributed by atoms with Crippen molar-refractivity contribution < 1.29 is 4.79 Å². The first kappa shape index (κ1) is 16.5. The zero-order chi connectivity index (χ0) is 17.4. The Morgan fingerprint density at radius 2 is 2.08 bits per heavy atom. The smallest absolute Gasteiger partial charge is 0.272 e. The number of nitrogens with one attached hydrogen (secondary N) is 1. The van der Waals surface area contributed by atoms with Crippen molar-refractivity contribution in [2.45, 2.75) is 33.4 Å². The summed E-state index contributed by atoms with van der Waals surface area (Å²) in [6.45, 7) is 6.34. The standard InChI is InChI=1S/C17H20ClN5O/c1-10(2)23-11(3)7-14(21-23)17(24)19-9-16-20-13-8-12(18)5-6-15(13)22(16)4/h5-8,10H,9H2,1-4H3,(H,19,24). The fourth-order valence-electron chi connectivity index (χ4n) is 2.75. The molecule has 24 heavy (non-hydrogen) atoms. The molecule has 0 bridgehead atoms. The molecule has 0 radical (unpaired) electrons. The summed E-state index contributed by atoms with van der Waals surface area (Å²) >= 11 is 6.00. The van der Waals surface area contributed by atoms with Gasteiger partial charge in [-0.3, -0.25) is 9.48 Å². The van der Waals surface area contributed by atoms with E-state index < -0.39 is 0 Å². The van der Waals surface area contributed by atoms with Gasteiger partial charge in [-0.05, 0) is 45.0 Å². The first-order chi connectivity index (χ1) is 11.4. The van der Waals surface area contributed by atoms with Crippen LogP contribution in [0.2, 0.25) is 5.02 Å². The van der Waals surface area contributed by atoms with Crippen molar-refractivity contribution >= 4 is 28.5 Å². The molecule has 0 atom stereocenters. The van der Waals surface area contributed by atoms with Crippen molar-refractivity contribution in [2.75, 3.05) is 0 Å². The minimum atomic E-state index is -0.206. The molecule has 3 rings (SSSR count). The van der Waals surface area contributed by atoms with Gasteiger partial charge in [0, 0.05) is 23.8 Å². The molecule has 0 fully saturated rings. The van der Waals surface area contributed by atoms with E-state index in [2.05, 4.69) is 15.4 Å². The lowest BCUT2D eigenvalue weighted by atomic mass is 10.3. The number of hydrogen-bond donors (Lipinski definition) is 1. The zero-order valence-electron chi connectivity index (χ0n) is 14.2. The fourth-order valence-corrected chi connectivity index (χ4v) is 2.92. The maximum Gasteiger partial charge on any atom is 0.272 e. The first-order valence-corrected chi connectivity index (χ1v) is 8.20. The molecule has 2 heterocycles. The van der Waals surface area contributed by atoms with Crippen LogP contribution in [0.25, 0.3) is 11.0 Å². The van der Waals surface area contributed by atoms with E-state index in [0.717, 1.165) is 22.6 Å². The molecule has 0 spiro atoms. The van der Waals surface area contributed by atoms with Gasteiger partial charge in [-0.15, -0.1) is 0 Å². The van der Waals surface area contributed by atoms with Gasteiger partial charge in [0.05, 0.1) is 17.6 Å². The third-order valence-electron chi connectivity index (χ3n) is 3.99. The van der Waals surface area contributed by atoms with E-state index in [0.29, 0.717) is 17.3 Å². The Kier molecular flexibility index (Phi) is 4.32. The molecule has 3 aromatic rings. The van der Waals surface area contributed by atoms with Crippen molar-refractivity contribution in [3.05, 3.63) is 46.5 Å². The predicted octanol–water partition coefficient (Wildman–Crippen LogP) is 3.24. The van der Waals surface area contributed by atoms with Gasteiger partial charge in [-0.25, -0.2) is 4.98 Å². The van der Waals surface area contributed by atoms with Crippen molar-refractivity contribution in [3.8, 4) is 0 Å². The summed E-state index contributed by atoms with van der Waals surface area (Å²) in [5, 5.41) is 7.88. The molecule has 0 unspecified atom stereocenters. The van der Waals surface area contributed by atoms with Crippen LogP contribution in [0.1, 0.15) is 41.9 Å². The van der Waals surface area contributed by atoms with E-state index in [9.17, 15) is 4.79 Å². The summed E-state index contributed by atoms with van der Waals surface area (Å²) in [6, 6.07) is 7.58. The maximum absolute atomic E-state index is 12.3. The molecule has 1 N–H and O–H groups in total. The average molecular weight is 346 g/mol.